The summed E-state index contributed by atoms with van der Waals surface area (Å²) in [5, 5.41) is 2.86. The van der Waals surface area contributed by atoms with Crippen LogP contribution in [0.5, 0.6) is 5.88 Å². The molecule has 0 radical (unpaired) electrons. The quantitative estimate of drug-likeness (QED) is 0.786. The van der Waals surface area contributed by atoms with E-state index < -0.39 is 0 Å². The first-order valence-corrected chi connectivity index (χ1v) is 7.59. The van der Waals surface area contributed by atoms with Crippen molar-refractivity contribution in [2.75, 3.05) is 11.9 Å². The average molecular weight is 310 g/mol. The summed E-state index contributed by atoms with van der Waals surface area (Å²) in [5.41, 5.74) is 2.23. The van der Waals surface area contributed by atoms with Crippen LogP contribution in [0.1, 0.15) is 24.2 Å². The van der Waals surface area contributed by atoms with Crippen molar-refractivity contribution in [3.05, 3.63) is 48.2 Å². The molecule has 0 aliphatic rings. The largest absolute Gasteiger partial charge is 0.477 e. The number of hydrogen-bond donors (Lipinski definition) is 1. The number of fused-ring (bicyclic) bond motifs is 1. The van der Waals surface area contributed by atoms with Crippen LogP contribution in [0.15, 0.2) is 42.6 Å². The van der Waals surface area contributed by atoms with E-state index in [9.17, 15) is 4.79 Å². The predicted octanol–water partition coefficient (Wildman–Crippen LogP) is 3.10. The van der Waals surface area contributed by atoms with E-state index in [4.69, 9.17) is 4.74 Å². The lowest BCUT2D eigenvalue weighted by Crippen LogP contribution is -2.17. The van der Waals surface area contributed by atoms with Crippen LogP contribution >= 0.6 is 0 Å². The summed E-state index contributed by atoms with van der Waals surface area (Å²) in [4.78, 5) is 21.2. The van der Waals surface area contributed by atoms with Crippen LogP contribution in [0.25, 0.3) is 11.0 Å². The fourth-order valence-corrected chi connectivity index (χ4v) is 2.48. The first-order chi connectivity index (χ1) is 11.2. The van der Waals surface area contributed by atoms with E-state index in [2.05, 4.69) is 15.3 Å². The molecule has 1 N–H and O–H groups in total. The molecule has 0 saturated carbocycles. The maximum atomic E-state index is 12.6. The normalized spacial score (nSPS) is 10.7. The lowest BCUT2D eigenvalue weighted by atomic mass is 10.2. The zero-order valence-corrected chi connectivity index (χ0v) is 13.1. The second kappa shape index (κ2) is 6.48. The number of pyridine rings is 1. The molecule has 2 aromatic heterocycles. The van der Waals surface area contributed by atoms with Crippen LogP contribution in [-0.2, 0) is 6.54 Å². The highest BCUT2D eigenvalue weighted by Crippen LogP contribution is 2.21. The number of amides is 1. The van der Waals surface area contributed by atoms with Crippen molar-refractivity contribution < 1.29 is 9.53 Å². The van der Waals surface area contributed by atoms with Gasteiger partial charge in [-0.3, -0.25) is 10.1 Å². The van der Waals surface area contributed by atoms with E-state index in [0.29, 0.717) is 30.5 Å². The molecule has 6 heteroatoms. The van der Waals surface area contributed by atoms with Crippen molar-refractivity contribution >= 4 is 22.9 Å². The number of ether oxygens (including phenoxy) is 1. The summed E-state index contributed by atoms with van der Waals surface area (Å²) in [7, 11) is 0. The molecular weight excluding hydrogens is 292 g/mol. The summed E-state index contributed by atoms with van der Waals surface area (Å²) in [6, 6.07) is 11.2. The van der Waals surface area contributed by atoms with Crippen LogP contribution in [-0.4, -0.2) is 27.0 Å². The van der Waals surface area contributed by atoms with Crippen LogP contribution in [0, 0.1) is 0 Å². The first kappa shape index (κ1) is 15.0. The summed E-state index contributed by atoms with van der Waals surface area (Å²) >= 11 is 0. The van der Waals surface area contributed by atoms with Crippen molar-refractivity contribution in [1.29, 1.82) is 0 Å². The minimum Gasteiger partial charge on any atom is -0.477 e. The maximum absolute atomic E-state index is 12.6. The third-order valence-electron chi connectivity index (χ3n) is 3.49. The zero-order chi connectivity index (χ0) is 16.2. The molecule has 0 saturated heterocycles. The highest BCUT2D eigenvalue weighted by atomic mass is 16.5. The van der Waals surface area contributed by atoms with Gasteiger partial charge in [-0.15, -0.1) is 0 Å². The fraction of sp³-hybridized carbons (Fsp3) is 0.235. The summed E-state index contributed by atoms with van der Waals surface area (Å²) in [6.45, 7) is 5.03. The molecule has 0 aliphatic carbocycles. The Kier molecular flexibility index (Phi) is 4.23. The number of rotatable bonds is 5. The van der Waals surface area contributed by atoms with Gasteiger partial charge in [0.15, 0.2) is 0 Å². The van der Waals surface area contributed by atoms with Crippen molar-refractivity contribution in [2.45, 2.75) is 20.4 Å². The monoisotopic (exact) mass is 310 g/mol. The Labute approximate surface area is 134 Å². The lowest BCUT2D eigenvalue weighted by molar-refractivity contribution is 0.102. The van der Waals surface area contributed by atoms with E-state index in [1.54, 1.807) is 18.3 Å². The molecule has 0 atom stereocenters. The molecule has 0 aliphatic heterocycles. The summed E-state index contributed by atoms with van der Waals surface area (Å²) in [6.07, 6.45) is 1.60. The number of nitrogens with zero attached hydrogens (tertiary/aromatic N) is 3. The Balaban J connectivity index is 1.94. The van der Waals surface area contributed by atoms with Crippen LogP contribution in [0.3, 0.4) is 0 Å². The number of aryl methyl sites for hydroxylation is 1. The van der Waals surface area contributed by atoms with Gasteiger partial charge in [0.05, 0.1) is 17.6 Å². The zero-order valence-electron chi connectivity index (χ0n) is 13.1. The van der Waals surface area contributed by atoms with Gasteiger partial charge in [0.1, 0.15) is 5.56 Å². The Morgan fingerprint density at radius 3 is 2.83 bits per heavy atom. The number of para-hydroxylation sites is 2. The molecule has 2 heterocycles. The number of hydrogen-bond acceptors (Lipinski definition) is 4. The number of nitrogens with one attached hydrogen (secondary N) is 1. The van der Waals surface area contributed by atoms with Crippen molar-refractivity contribution in [2.24, 2.45) is 0 Å². The smallest absolute Gasteiger partial charge is 0.263 e. The van der Waals surface area contributed by atoms with Crippen molar-refractivity contribution in [3.63, 3.8) is 0 Å². The Morgan fingerprint density at radius 1 is 1.22 bits per heavy atom. The molecule has 23 heavy (non-hydrogen) atoms. The van der Waals surface area contributed by atoms with Crippen molar-refractivity contribution in [3.8, 4) is 5.88 Å². The SMILES string of the molecule is CCOc1ncccc1C(=O)Nc1nc2ccccc2n1CC. The molecular formula is C17H18N4O2. The minimum absolute atomic E-state index is 0.286. The standard InChI is InChI=1S/C17H18N4O2/c1-3-21-14-10-6-5-9-13(14)19-17(21)20-15(22)12-8-7-11-18-16(12)23-4-2/h5-11H,3-4H2,1-2H3,(H,19,20,22). The number of benzene rings is 1. The molecule has 0 fully saturated rings. The number of carbonyl (C=O) groups excluding carboxylic acids is 1. The lowest BCUT2D eigenvalue weighted by Gasteiger charge is -2.10. The Bertz CT molecular complexity index is 841. The topological polar surface area (TPSA) is 69.0 Å². The van der Waals surface area contributed by atoms with Gasteiger partial charge < -0.3 is 9.30 Å². The van der Waals surface area contributed by atoms with Gasteiger partial charge in [-0.1, -0.05) is 12.1 Å². The number of imidazole rings is 1. The molecule has 0 unspecified atom stereocenters. The number of aromatic nitrogens is 3. The fourth-order valence-electron chi connectivity index (χ4n) is 2.48. The van der Waals surface area contributed by atoms with Crippen LogP contribution in [0.2, 0.25) is 0 Å². The third kappa shape index (κ3) is 2.88. The van der Waals surface area contributed by atoms with Gasteiger partial charge in [-0.05, 0) is 38.1 Å². The summed E-state index contributed by atoms with van der Waals surface area (Å²) < 4.78 is 7.37. The van der Waals surface area contributed by atoms with Gasteiger partial charge in [0, 0.05) is 12.7 Å². The number of carbonyl (C=O) groups is 1. The summed E-state index contributed by atoms with van der Waals surface area (Å²) in [5.74, 6) is 0.559. The molecule has 118 valence electrons. The van der Waals surface area contributed by atoms with E-state index in [-0.39, 0.29) is 5.91 Å². The molecule has 0 bridgehead atoms. The van der Waals surface area contributed by atoms with E-state index in [0.717, 1.165) is 11.0 Å². The van der Waals surface area contributed by atoms with Gasteiger partial charge in [0.25, 0.3) is 5.91 Å². The molecule has 1 aromatic carbocycles. The van der Waals surface area contributed by atoms with Gasteiger partial charge in [-0.25, -0.2) is 9.97 Å². The predicted molar refractivity (Wildman–Crippen MR) is 88.8 cm³/mol. The Hall–Kier alpha value is -2.89. The number of anilines is 1. The molecule has 6 nitrogen and oxygen atoms in total. The molecule has 3 aromatic rings. The second-order valence-corrected chi connectivity index (χ2v) is 4.91. The third-order valence-corrected chi connectivity index (χ3v) is 3.49. The minimum atomic E-state index is -0.286. The van der Waals surface area contributed by atoms with Gasteiger partial charge in [-0.2, -0.15) is 0 Å². The van der Waals surface area contributed by atoms with Gasteiger partial charge in [0.2, 0.25) is 11.8 Å². The Morgan fingerprint density at radius 2 is 2.04 bits per heavy atom. The van der Waals surface area contributed by atoms with E-state index in [1.165, 1.54) is 0 Å². The molecule has 1 amide bonds. The highest BCUT2D eigenvalue weighted by Gasteiger charge is 2.17. The van der Waals surface area contributed by atoms with Gasteiger partial charge >= 0.3 is 0 Å². The highest BCUT2D eigenvalue weighted by molar-refractivity contribution is 6.05. The van der Waals surface area contributed by atoms with E-state index >= 15 is 0 Å². The second-order valence-electron chi connectivity index (χ2n) is 4.91. The van der Waals surface area contributed by atoms with E-state index in [1.807, 2.05) is 42.7 Å². The maximum Gasteiger partial charge on any atom is 0.263 e. The first-order valence-electron chi connectivity index (χ1n) is 7.59. The van der Waals surface area contributed by atoms with Crippen LogP contribution < -0.4 is 10.1 Å². The average Bonchev–Trinajstić information content (AvgIpc) is 2.92. The van der Waals surface area contributed by atoms with Crippen LogP contribution in [0.4, 0.5) is 5.95 Å². The molecule has 0 spiro atoms. The molecule has 3 rings (SSSR count). The van der Waals surface area contributed by atoms with Crippen molar-refractivity contribution in [1.82, 2.24) is 14.5 Å².